The molecule has 0 aliphatic heterocycles. The molecule has 2 nitrogen and oxygen atoms in total. The highest BCUT2D eigenvalue weighted by atomic mass is 35.5. The highest BCUT2D eigenvalue weighted by Gasteiger charge is 2.13. The molecule has 0 radical (unpaired) electrons. The van der Waals surface area contributed by atoms with Crippen LogP contribution in [0.5, 0.6) is 5.75 Å². The molecule has 0 unspecified atom stereocenters. The molecule has 5 heteroatoms. The number of halogens is 2. The lowest BCUT2D eigenvalue weighted by Gasteiger charge is -2.02. The molecule has 0 fully saturated rings. The van der Waals surface area contributed by atoms with E-state index >= 15 is 0 Å². The van der Waals surface area contributed by atoms with Crippen molar-refractivity contribution in [2.45, 2.75) is 19.8 Å². The van der Waals surface area contributed by atoms with Crippen LogP contribution >= 0.6 is 22.9 Å². The number of rotatable bonds is 2. The summed E-state index contributed by atoms with van der Waals surface area (Å²) in [4.78, 5) is 4.95. The highest BCUT2D eigenvalue weighted by Crippen LogP contribution is 2.36. The first-order valence-corrected chi connectivity index (χ1v) is 6.32. The highest BCUT2D eigenvalue weighted by molar-refractivity contribution is 7.15. The maximum atomic E-state index is 13.7. The van der Waals surface area contributed by atoms with Gasteiger partial charge in [-0.25, -0.2) is 9.37 Å². The molecule has 17 heavy (non-hydrogen) atoms. The van der Waals surface area contributed by atoms with Gasteiger partial charge < -0.3 is 5.11 Å². The summed E-state index contributed by atoms with van der Waals surface area (Å²) in [7, 11) is 0. The first-order valence-electron chi connectivity index (χ1n) is 5.13. The third-order valence-corrected chi connectivity index (χ3v) is 3.95. The largest absolute Gasteiger partial charge is 0.506 e. The molecular formula is C12H11ClFNOS. The minimum atomic E-state index is -0.495. The monoisotopic (exact) mass is 271 g/mol. The number of benzene rings is 1. The van der Waals surface area contributed by atoms with Gasteiger partial charge in [0.15, 0.2) is 0 Å². The van der Waals surface area contributed by atoms with Crippen LogP contribution < -0.4 is 0 Å². The summed E-state index contributed by atoms with van der Waals surface area (Å²) >= 11 is 7.20. The number of phenols is 1. The second kappa shape index (κ2) is 4.63. The van der Waals surface area contributed by atoms with Gasteiger partial charge in [-0.3, -0.25) is 0 Å². The Morgan fingerprint density at radius 1 is 1.41 bits per heavy atom. The van der Waals surface area contributed by atoms with Crippen LogP contribution in [0.25, 0.3) is 10.4 Å². The Morgan fingerprint density at radius 2 is 2.12 bits per heavy atom. The summed E-state index contributed by atoms with van der Waals surface area (Å²) in [6.07, 6.45) is 1.63. The van der Waals surface area contributed by atoms with Crippen molar-refractivity contribution in [1.82, 2.24) is 4.98 Å². The molecule has 2 rings (SSSR count). The van der Waals surface area contributed by atoms with Gasteiger partial charge in [0.1, 0.15) is 11.6 Å². The third-order valence-electron chi connectivity index (χ3n) is 2.32. The molecule has 90 valence electrons. The summed E-state index contributed by atoms with van der Waals surface area (Å²) in [6, 6.07) is 2.44. The van der Waals surface area contributed by atoms with Crippen molar-refractivity contribution in [3.05, 3.63) is 34.2 Å². The number of aromatic nitrogens is 1. The molecule has 0 atom stereocenters. The Hall–Kier alpha value is -1.13. The first kappa shape index (κ1) is 12.3. The fourth-order valence-corrected chi connectivity index (χ4v) is 2.51. The fraction of sp³-hybridized carbons (Fsp3) is 0.250. The summed E-state index contributed by atoms with van der Waals surface area (Å²) in [5.74, 6) is -0.434. The van der Waals surface area contributed by atoms with Crippen LogP contribution in [0, 0.1) is 5.82 Å². The summed E-state index contributed by atoms with van der Waals surface area (Å²) in [6.45, 7) is 4.06. The van der Waals surface area contributed by atoms with Gasteiger partial charge in [0.05, 0.1) is 14.9 Å². The molecule has 1 aromatic heterocycles. The maximum Gasteiger partial charge on any atom is 0.137 e. The Kier molecular flexibility index (Phi) is 3.35. The maximum absolute atomic E-state index is 13.7. The van der Waals surface area contributed by atoms with Gasteiger partial charge in [-0.1, -0.05) is 25.4 Å². The standard InChI is InChI=1S/C12H11ClFNOS/c1-6(2)12-15-5-11(17-12)7-3-8(13)10(16)4-9(7)14/h3-6,16H,1-2H3. The van der Waals surface area contributed by atoms with E-state index in [9.17, 15) is 9.50 Å². The average Bonchev–Trinajstić information content (AvgIpc) is 2.72. The van der Waals surface area contributed by atoms with E-state index in [0.29, 0.717) is 16.4 Å². The Balaban J connectivity index is 2.49. The molecule has 0 aliphatic rings. The lowest BCUT2D eigenvalue weighted by molar-refractivity contribution is 0.470. The topological polar surface area (TPSA) is 33.1 Å². The van der Waals surface area contributed by atoms with Gasteiger partial charge in [0, 0.05) is 23.7 Å². The smallest absolute Gasteiger partial charge is 0.137 e. The molecule has 0 aliphatic carbocycles. The normalized spacial score (nSPS) is 11.1. The summed E-state index contributed by atoms with van der Waals surface area (Å²) < 4.78 is 13.7. The Morgan fingerprint density at radius 3 is 2.71 bits per heavy atom. The van der Waals surface area contributed by atoms with Crippen molar-refractivity contribution < 1.29 is 9.50 Å². The third kappa shape index (κ3) is 2.42. The van der Waals surface area contributed by atoms with Gasteiger partial charge in [-0.05, 0) is 6.07 Å². The Labute approximate surface area is 108 Å². The van der Waals surface area contributed by atoms with Gasteiger partial charge in [-0.15, -0.1) is 11.3 Å². The van der Waals surface area contributed by atoms with Gasteiger partial charge in [0.25, 0.3) is 0 Å². The zero-order valence-electron chi connectivity index (χ0n) is 9.37. The molecule has 0 bridgehead atoms. The summed E-state index contributed by atoms with van der Waals surface area (Å²) in [5.41, 5.74) is 0.372. The molecular weight excluding hydrogens is 261 g/mol. The average molecular weight is 272 g/mol. The second-order valence-electron chi connectivity index (χ2n) is 4.00. The van der Waals surface area contributed by atoms with E-state index in [1.807, 2.05) is 13.8 Å². The van der Waals surface area contributed by atoms with Crippen molar-refractivity contribution in [3.63, 3.8) is 0 Å². The molecule has 0 saturated carbocycles. The zero-order chi connectivity index (χ0) is 12.6. The predicted molar refractivity (Wildman–Crippen MR) is 68.3 cm³/mol. The van der Waals surface area contributed by atoms with Crippen molar-refractivity contribution in [2.24, 2.45) is 0 Å². The lowest BCUT2D eigenvalue weighted by atomic mass is 10.2. The SMILES string of the molecule is CC(C)c1ncc(-c2cc(Cl)c(O)cc2F)s1. The molecule has 0 amide bonds. The second-order valence-corrected chi connectivity index (χ2v) is 5.47. The molecule has 1 heterocycles. The number of hydrogen-bond donors (Lipinski definition) is 1. The van der Waals surface area contributed by atoms with Crippen molar-refractivity contribution in [3.8, 4) is 16.2 Å². The van der Waals surface area contributed by atoms with Crippen molar-refractivity contribution in [1.29, 1.82) is 0 Å². The van der Waals surface area contributed by atoms with Crippen LogP contribution in [0.3, 0.4) is 0 Å². The van der Waals surface area contributed by atoms with E-state index in [2.05, 4.69) is 4.98 Å². The number of aromatic hydroxyl groups is 1. The van der Waals surface area contributed by atoms with Crippen LogP contribution in [-0.2, 0) is 0 Å². The molecule has 1 N–H and O–H groups in total. The number of hydrogen-bond acceptors (Lipinski definition) is 3. The van der Waals surface area contributed by atoms with E-state index in [1.54, 1.807) is 6.20 Å². The van der Waals surface area contributed by atoms with Gasteiger partial charge in [-0.2, -0.15) is 0 Å². The minimum Gasteiger partial charge on any atom is -0.506 e. The van der Waals surface area contributed by atoms with E-state index in [4.69, 9.17) is 11.6 Å². The molecule has 1 aromatic carbocycles. The number of phenolic OH excluding ortho intramolecular Hbond substituents is 1. The van der Waals surface area contributed by atoms with Crippen LogP contribution in [0.1, 0.15) is 24.8 Å². The van der Waals surface area contributed by atoms with Crippen molar-refractivity contribution >= 4 is 22.9 Å². The molecule has 0 saturated heterocycles. The molecule has 2 aromatic rings. The van der Waals surface area contributed by atoms with Gasteiger partial charge in [0.2, 0.25) is 0 Å². The van der Waals surface area contributed by atoms with Crippen LogP contribution in [0.15, 0.2) is 18.3 Å². The van der Waals surface area contributed by atoms with Crippen LogP contribution in [-0.4, -0.2) is 10.1 Å². The van der Waals surface area contributed by atoms with Crippen LogP contribution in [0.2, 0.25) is 5.02 Å². The fourth-order valence-electron chi connectivity index (χ4n) is 1.40. The van der Waals surface area contributed by atoms with E-state index in [-0.39, 0.29) is 10.8 Å². The first-order chi connectivity index (χ1) is 7.99. The Bertz CT molecular complexity index is 553. The van der Waals surface area contributed by atoms with E-state index in [0.717, 1.165) is 11.1 Å². The number of thiazole rings is 1. The van der Waals surface area contributed by atoms with E-state index < -0.39 is 5.82 Å². The number of nitrogens with zero attached hydrogens (tertiary/aromatic N) is 1. The van der Waals surface area contributed by atoms with E-state index in [1.165, 1.54) is 17.4 Å². The zero-order valence-corrected chi connectivity index (χ0v) is 10.9. The predicted octanol–water partition coefficient (Wildman–Crippen LogP) is 4.43. The van der Waals surface area contributed by atoms with Crippen LogP contribution in [0.4, 0.5) is 4.39 Å². The summed E-state index contributed by atoms with van der Waals surface area (Å²) in [5, 5.41) is 10.4. The lowest BCUT2D eigenvalue weighted by Crippen LogP contribution is -1.82. The van der Waals surface area contributed by atoms with Gasteiger partial charge >= 0.3 is 0 Å². The minimum absolute atomic E-state index is 0.140. The quantitative estimate of drug-likeness (QED) is 0.876. The molecule has 0 spiro atoms. The van der Waals surface area contributed by atoms with Crippen molar-refractivity contribution in [2.75, 3.05) is 0 Å².